The van der Waals surface area contributed by atoms with Gasteiger partial charge in [-0.2, -0.15) is 5.26 Å². The number of carbonyl (C=O) groups is 2. The van der Waals surface area contributed by atoms with Gasteiger partial charge in [-0.3, -0.25) is 9.59 Å². The molecule has 0 radical (unpaired) electrons. The summed E-state index contributed by atoms with van der Waals surface area (Å²) in [4.78, 5) is 31.6. The number of hydrogen-bond acceptors (Lipinski definition) is 4. The van der Waals surface area contributed by atoms with E-state index >= 15 is 0 Å². The van der Waals surface area contributed by atoms with Crippen LogP contribution in [0.2, 0.25) is 0 Å². The maximum Gasteiger partial charge on any atom is 0.228 e. The molecule has 0 aliphatic heterocycles. The van der Waals surface area contributed by atoms with Gasteiger partial charge in [0.25, 0.3) is 0 Å². The van der Waals surface area contributed by atoms with Crippen LogP contribution in [0.25, 0.3) is 10.9 Å². The smallest absolute Gasteiger partial charge is 0.228 e. The number of anilines is 1. The molecule has 0 atom stereocenters. The summed E-state index contributed by atoms with van der Waals surface area (Å²) in [5.74, 6) is -3.01. The normalized spacial score (nSPS) is 13.4. The largest absolute Gasteiger partial charge is 0.357 e. The molecule has 1 saturated carbocycles. The number of rotatable bonds is 4. The van der Waals surface area contributed by atoms with Gasteiger partial charge in [0.05, 0.1) is 22.7 Å². The molecule has 8 heteroatoms. The first kappa shape index (κ1) is 16.8. The van der Waals surface area contributed by atoms with E-state index in [1.807, 2.05) is 0 Å². The third-order valence-electron chi connectivity index (χ3n) is 4.43. The van der Waals surface area contributed by atoms with Crippen molar-refractivity contribution in [1.82, 2.24) is 9.97 Å². The van der Waals surface area contributed by atoms with E-state index in [2.05, 4.69) is 15.3 Å². The zero-order valence-electron chi connectivity index (χ0n) is 13.8. The Kier molecular flexibility index (Phi) is 3.92. The Balaban J connectivity index is 1.76. The summed E-state index contributed by atoms with van der Waals surface area (Å²) in [6, 6.07) is 4.78. The van der Waals surface area contributed by atoms with Crippen LogP contribution in [-0.4, -0.2) is 21.7 Å². The highest BCUT2D eigenvalue weighted by molar-refractivity contribution is 6.18. The van der Waals surface area contributed by atoms with Crippen LogP contribution in [0.3, 0.4) is 0 Å². The Morgan fingerprint density at radius 1 is 1.26 bits per heavy atom. The van der Waals surface area contributed by atoms with Crippen molar-refractivity contribution in [3.63, 3.8) is 0 Å². The predicted molar refractivity (Wildman–Crippen MR) is 92.0 cm³/mol. The molecule has 1 aromatic carbocycles. The van der Waals surface area contributed by atoms with Crippen LogP contribution in [0.4, 0.5) is 14.6 Å². The number of halogens is 2. The van der Waals surface area contributed by atoms with Crippen molar-refractivity contribution < 1.29 is 18.4 Å². The van der Waals surface area contributed by atoms with Crippen LogP contribution in [0.15, 0.2) is 30.6 Å². The second-order valence-corrected chi connectivity index (χ2v) is 6.30. The number of benzene rings is 1. The van der Waals surface area contributed by atoms with Gasteiger partial charge < -0.3 is 10.3 Å². The van der Waals surface area contributed by atoms with E-state index < -0.39 is 23.0 Å². The third kappa shape index (κ3) is 2.93. The molecular weight excluding hydrogens is 354 g/mol. The van der Waals surface area contributed by atoms with Crippen LogP contribution in [-0.2, 0) is 4.79 Å². The third-order valence-corrected chi connectivity index (χ3v) is 4.43. The van der Waals surface area contributed by atoms with Crippen molar-refractivity contribution in [1.29, 1.82) is 5.26 Å². The molecule has 0 spiro atoms. The number of nitriles is 1. The quantitative estimate of drug-likeness (QED) is 0.692. The maximum atomic E-state index is 14.2. The van der Waals surface area contributed by atoms with Crippen molar-refractivity contribution in [3.8, 4) is 6.07 Å². The standard InChI is InChI=1S/C19H12F2N4O2/c20-13-5-9(7-22)6-14(21)15(13)17(26)12-8-24-16-11(12)3-4-23-18(16)25-19(27)10-1-2-10/h3-6,8,10,24H,1-2H2,(H,23,25,27). The van der Waals surface area contributed by atoms with Crippen molar-refractivity contribution in [2.24, 2.45) is 5.92 Å². The summed E-state index contributed by atoms with van der Waals surface area (Å²) in [6.07, 6.45) is 4.38. The summed E-state index contributed by atoms with van der Waals surface area (Å²) < 4.78 is 28.4. The molecule has 0 bridgehead atoms. The lowest BCUT2D eigenvalue weighted by Crippen LogP contribution is -2.14. The minimum atomic E-state index is -1.11. The molecule has 6 nitrogen and oxygen atoms in total. The highest BCUT2D eigenvalue weighted by atomic mass is 19.1. The fourth-order valence-electron chi connectivity index (χ4n) is 2.89. The van der Waals surface area contributed by atoms with Gasteiger partial charge in [-0.15, -0.1) is 0 Å². The number of fused-ring (bicyclic) bond motifs is 1. The van der Waals surface area contributed by atoms with E-state index in [4.69, 9.17) is 5.26 Å². The fraction of sp³-hybridized carbons (Fsp3) is 0.158. The first-order valence-electron chi connectivity index (χ1n) is 8.20. The molecular formula is C19H12F2N4O2. The van der Waals surface area contributed by atoms with E-state index in [1.54, 1.807) is 6.07 Å². The summed E-state index contributed by atoms with van der Waals surface area (Å²) >= 11 is 0. The Bertz CT molecular complexity index is 1120. The summed E-state index contributed by atoms with van der Waals surface area (Å²) in [7, 11) is 0. The summed E-state index contributed by atoms with van der Waals surface area (Å²) in [5.41, 5.74) is -0.522. The molecule has 1 fully saturated rings. The number of hydrogen-bond donors (Lipinski definition) is 2. The Labute approximate surface area is 151 Å². The van der Waals surface area contributed by atoms with Crippen molar-refractivity contribution in [2.45, 2.75) is 12.8 Å². The van der Waals surface area contributed by atoms with Gasteiger partial charge in [-0.05, 0) is 31.0 Å². The minimum Gasteiger partial charge on any atom is -0.357 e. The average molecular weight is 366 g/mol. The second-order valence-electron chi connectivity index (χ2n) is 6.30. The van der Waals surface area contributed by atoms with Gasteiger partial charge in [0, 0.05) is 29.3 Å². The number of aromatic nitrogens is 2. The van der Waals surface area contributed by atoms with E-state index in [0.717, 1.165) is 25.0 Å². The lowest BCUT2D eigenvalue weighted by Gasteiger charge is -2.06. The highest BCUT2D eigenvalue weighted by Gasteiger charge is 2.30. The molecule has 1 amide bonds. The molecule has 2 aromatic heterocycles. The number of aromatic amines is 1. The highest BCUT2D eigenvalue weighted by Crippen LogP contribution is 2.32. The summed E-state index contributed by atoms with van der Waals surface area (Å²) in [6.45, 7) is 0. The molecule has 4 rings (SSSR count). The van der Waals surface area contributed by atoms with Crippen LogP contribution < -0.4 is 5.32 Å². The predicted octanol–water partition coefficient (Wildman–Crippen LogP) is 3.29. The van der Waals surface area contributed by atoms with Gasteiger partial charge in [-0.25, -0.2) is 13.8 Å². The van der Waals surface area contributed by atoms with Crippen molar-refractivity contribution in [3.05, 3.63) is 58.9 Å². The van der Waals surface area contributed by atoms with E-state index in [0.29, 0.717) is 10.9 Å². The first-order valence-corrected chi connectivity index (χ1v) is 8.20. The molecule has 0 unspecified atom stereocenters. The lowest BCUT2D eigenvalue weighted by atomic mass is 10.0. The Hall–Kier alpha value is -3.60. The number of H-pyrrole nitrogens is 1. The number of carbonyl (C=O) groups excluding carboxylic acids is 2. The van der Waals surface area contributed by atoms with E-state index in [1.165, 1.54) is 18.5 Å². The van der Waals surface area contributed by atoms with Crippen molar-refractivity contribution >= 4 is 28.4 Å². The van der Waals surface area contributed by atoms with Gasteiger partial charge in [-0.1, -0.05) is 0 Å². The molecule has 1 aliphatic rings. The Morgan fingerprint density at radius 2 is 1.96 bits per heavy atom. The van der Waals surface area contributed by atoms with Gasteiger partial charge in [0.15, 0.2) is 5.82 Å². The van der Waals surface area contributed by atoms with Crippen LogP contribution in [0, 0.1) is 28.9 Å². The fourth-order valence-corrected chi connectivity index (χ4v) is 2.89. The molecule has 2 N–H and O–H groups in total. The van der Waals surface area contributed by atoms with Crippen LogP contribution in [0.5, 0.6) is 0 Å². The van der Waals surface area contributed by atoms with E-state index in [-0.39, 0.29) is 28.8 Å². The van der Waals surface area contributed by atoms with Gasteiger partial charge in [0.1, 0.15) is 11.6 Å². The molecule has 1 aliphatic carbocycles. The van der Waals surface area contributed by atoms with Crippen LogP contribution in [0.1, 0.15) is 34.3 Å². The number of nitrogens with zero attached hydrogens (tertiary/aromatic N) is 2. The first-order chi connectivity index (χ1) is 13.0. The van der Waals surface area contributed by atoms with Gasteiger partial charge >= 0.3 is 0 Å². The summed E-state index contributed by atoms with van der Waals surface area (Å²) in [5, 5.41) is 11.9. The van der Waals surface area contributed by atoms with Gasteiger partial charge in [0.2, 0.25) is 11.7 Å². The molecule has 2 heterocycles. The lowest BCUT2D eigenvalue weighted by molar-refractivity contribution is -0.117. The number of ketones is 1. The van der Waals surface area contributed by atoms with Crippen molar-refractivity contribution in [2.75, 3.05) is 5.32 Å². The monoisotopic (exact) mass is 366 g/mol. The molecule has 134 valence electrons. The number of pyridine rings is 1. The minimum absolute atomic E-state index is 0.0278. The topological polar surface area (TPSA) is 98.6 Å². The zero-order chi connectivity index (χ0) is 19.1. The second kappa shape index (κ2) is 6.29. The SMILES string of the molecule is N#Cc1cc(F)c(C(=O)c2c[nH]c3c(NC(=O)C4CC4)nccc23)c(F)c1. The number of nitrogens with one attached hydrogen (secondary N) is 2. The maximum absolute atomic E-state index is 14.2. The number of amides is 1. The molecule has 3 aromatic rings. The molecule has 27 heavy (non-hydrogen) atoms. The molecule has 0 saturated heterocycles. The van der Waals surface area contributed by atoms with E-state index in [9.17, 15) is 18.4 Å². The zero-order valence-corrected chi connectivity index (χ0v) is 13.8. The Morgan fingerprint density at radius 3 is 2.59 bits per heavy atom. The average Bonchev–Trinajstić information content (AvgIpc) is 3.40. The van der Waals surface area contributed by atoms with Crippen LogP contribution >= 0.6 is 0 Å².